The molecule has 1 aromatic rings. The number of hydrogen-bond acceptors (Lipinski definition) is 4. The molecule has 1 N–H and O–H groups in total. The zero-order valence-corrected chi connectivity index (χ0v) is 10.5. The van der Waals surface area contributed by atoms with Crippen molar-refractivity contribution in [2.24, 2.45) is 5.92 Å². The minimum atomic E-state index is 0.519. The van der Waals surface area contributed by atoms with Gasteiger partial charge in [0.1, 0.15) is 10.8 Å². The van der Waals surface area contributed by atoms with Crippen LogP contribution in [0.5, 0.6) is 0 Å². The first-order valence-corrected chi connectivity index (χ1v) is 6.47. The largest absolute Gasteiger partial charge is 0.316 e. The minimum Gasteiger partial charge on any atom is -0.316 e. The Hall–Kier alpha value is -0.480. The van der Waals surface area contributed by atoms with E-state index in [9.17, 15) is 0 Å². The highest BCUT2D eigenvalue weighted by Gasteiger charge is 2.28. The average Bonchev–Trinajstić information content (AvgIpc) is 2.95. The zero-order chi connectivity index (χ0) is 10.8. The zero-order valence-electron chi connectivity index (χ0n) is 9.66. The van der Waals surface area contributed by atoms with Crippen molar-refractivity contribution < 1.29 is 0 Å². The normalized spacial score (nSPS) is 18.4. The Morgan fingerprint density at radius 3 is 2.73 bits per heavy atom. The molecule has 3 nitrogen and oxygen atoms in total. The van der Waals surface area contributed by atoms with E-state index in [0.29, 0.717) is 17.9 Å². The molecule has 0 saturated heterocycles. The molecule has 1 saturated carbocycles. The van der Waals surface area contributed by atoms with Gasteiger partial charge in [0, 0.05) is 18.4 Å². The molecule has 1 unspecified atom stereocenters. The number of aromatic nitrogens is 2. The number of nitrogens with zero attached hydrogens (tertiary/aromatic N) is 2. The van der Waals surface area contributed by atoms with E-state index in [-0.39, 0.29) is 0 Å². The Morgan fingerprint density at radius 2 is 2.20 bits per heavy atom. The molecule has 1 aromatic heterocycles. The van der Waals surface area contributed by atoms with Crippen LogP contribution in [0.1, 0.15) is 43.4 Å². The van der Waals surface area contributed by atoms with E-state index < -0.39 is 0 Å². The standard InChI is InChI=1S/C11H19N3S/c1-7(2)9(12-3)6-10-13-11(14-15-10)8-4-5-8/h7-9,12H,4-6H2,1-3H3. The second kappa shape index (κ2) is 4.58. The van der Waals surface area contributed by atoms with Crippen LogP contribution in [0.3, 0.4) is 0 Å². The number of nitrogens with one attached hydrogen (secondary N) is 1. The van der Waals surface area contributed by atoms with Crippen molar-refractivity contribution >= 4 is 11.5 Å². The summed E-state index contributed by atoms with van der Waals surface area (Å²) < 4.78 is 4.43. The van der Waals surface area contributed by atoms with Gasteiger partial charge in [-0.25, -0.2) is 4.98 Å². The van der Waals surface area contributed by atoms with Gasteiger partial charge < -0.3 is 5.32 Å². The van der Waals surface area contributed by atoms with Crippen molar-refractivity contribution in [3.8, 4) is 0 Å². The summed E-state index contributed by atoms with van der Waals surface area (Å²) in [5.74, 6) is 2.42. The van der Waals surface area contributed by atoms with Crippen molar-refractivity contribution in [3.63, 3.8) is 0 Å². The first-order chi connectivity index (χ1) is 7.20. The molecular weight excluding hydrogens is 206 g/mol. The Labute approximate surface area is 95.5 Å². The molecule has 1 fully saturated rings. The highest BCUT2D eigenvalue weighted by Crippen LogP contribution is 2.38. The summed E-state index contributed by atoms with van der Waals surface area (Å²) >= 11 is 1.58. The molecule has 0 amide bonds. The van der Waals surface area contributed by atoms with Crippen LogP contribution in [0.2, 0.25) is 0 Å². The highest BCUT2D eigenvalue weighted by atomic mass is 32.1. The fourth-order valence-electron chi connectivity index (χ4n) is 1.72. The lowest BCUT2D eigenvalue weighted by atomic mass is 10.0. The predicted octanol–water partition coefficient (Wildman–Crippen LogP) is 2.20. The molecule has 1 aliphatic rings. The van der Waals surface area contributed by atoms with Crippen molar-refractivity contribution in [2.75, 3.05) is 7.05 Å². The van der Waals surface area contributed by atoms with Gasteiger partial charge in [0.2, 0.25) is 0 Å². The fourth-order valence-corrected chi connectivity index (χ4v) is 2.49. The maximum absolute atomic E-state index is 4.61. The van der Waals surface area contributed by atoms with E-state index in [1.807, 2.05) is 7.05 Å². The monoisotopic (exact) mass is 225 g/mol. The summed E-state index contributed by atoms with van der Waals surface area (Å²) in [7, 11) is 2.02. The van der Waals surface area contributed by atoms with Crippen LogP contribution in [0.15, 0.2) is 0 Å². The van der Waals surface area contributed by atoms with Crippen LogP contribution in [0.4, 0.5) is 0 Å². The summed E-state index contributed by atoms with van der Waals surface area (Å²) in [6, 6.07) is 0.519. The SMILES string of the molecule is CNC(Cc1nc(C2CC2)ns1)C(C)C. The van der Waals surface area contributed by atoms with Gasteiger partial charge in [-0.3, -0.25) is 0 Å². The Kier molecular flexibility index (Phi) is 3.36. The van der Waals surface area contributed by atoms with E-state index in [4.69, 9.17) is 0 Å². The Balaban J connectivity index is 1.96. The lowest BCUT2D eigenvalue weighted by Crippen LogP contribution is -2.32. The summed E-state index contributed by atoms with van der Waals surface area (Å²) in [6.45, 7) is 4.48. The van der Waals surface area contributed by atoms with Gasteiger partial charge in [0.15, 0.2) is 0 Å². The molecule has 0 aliphatic heterocycles. The van der Waals surface area contributed by atoms with Crippen molar-refractivity contribution in [3.05, 3.63) is 10.8 Å². The summed E-state index contributed by atoms with van der Waals surface area (Å²) in [5.41, 5.74) is 0. The quantitative estimate of drug-likeness (QED) is 0.835. The first kappa shape index (κ1) is 11.0. The fraction of sp³-hybridized carbons (Fsp3) is 0.818. The van der Waals surface area contributed by atoms with Crippen LogP contribution in [0, 0.1) is 5.92 Å². The third-order valence-corrected chi connectivity index (χ3v) is 3.74. The van der Waals surface area contributed by atoms with Crippen LogP contribution < -0.4 is 5.32 Å². The number of hydrogen-bond donors (Lipinski definition) is 1. The van der Waals surface area contributed by atoms with Gasteiger partial charge >= 0.3 is 0 Å². The Bertz CT molecular complexity index is 317. The maximum Gasteiger partial charge on any atom is 0.145 e. The second-order valence-corrected chi connectivity index (χ2v) is 5.50. The number of rotatable bonds is 5. The molecule has 0 spiro atoms. The van der Waals surface area contributed by atoms with Crippen molar-refractivity contribution in [2.45, 2.75) is 45.1 Å². The van der Waals surface area contributed by atoms with Gasteiger partial charge in [-0.2, -0.15) is 4.37 Å². The molecular formula is C11H19N3S. The third-order valence-electron chi connectivity index (χ3n) is 3.00. The van der Waals surface area contributed by atoms with Gasteiger partial charge in [-0.1, -0.05) is 13.8 Å². The minimum absolute atomic E-state index is 0.519. The van der Waals surface area contributed by atoms with Gasteiger partial charge in [-0.05, 0) is 37.3 Å². The molecule has 15 heavy (non-hydrogen) atoms. The third kappa shape index (κ3) is 2.75. The number of likely N-dealkylation sites (N-methyl/N-ethyl adjacent to an activating group) is 1. The molecule has 0 aromatic carbocycles. The molecule has 1 heterocycles. The molecule has 84 valence electrons. The molecule has 1 atom stereocenters. The summed E-state index contributed by atoms with van der Waals surface area (Å²) in [6.07, 6.45) is 3.59. The average molecular weight is 225 g/mol. The smallest absolute Gasteiger partial charge is 0.145 e. The lowest BCUT2D eigenvalue weighted by molar-refractivity contribution is 0.424. The van der Waals surface area contributed by atoms with Crippen LogP contribution in [-0.2, 0) is 6.42 Å². The van der Waals surface area contributed by atoms with Crippen LogP contribution in [0.25, 0.3) is 0 Å². The molecule has 2 rings (SSSR count). The molecule has 1 aliphatic carbocycles. The summed E-state index contributed by atoms with van der Waals surface area (Å²) in [4.78, 5) is 4.61. The highest BCUT2D eigenvalue weighted by molar-refractivity contribution is 7.05. The van der Waals surface area contributed by atoms with E-state index >= 15 is 0 Å². The summed E-state index contributed by atoms with van der Waals surface area (Å²) in [5, 5.41) is 4.53. The van der Waals surface area contributed by atoms with Gasteiger partial charge in [-0.15, -0.1) is 0 Å². The Morgan fingerprint density at radius 1 is 1.47 bits per heavy atom. The predicted molar refractivity (Wildman–Crippen MR) is 63.3 cm³/mol. The van der Waals surface area contributed by atoms with Crippen molar-refractivity contribution in [1.29, 1.82) is 0 Å². The molecule has 0 radical (unpaired) electrons. The van der Waals surface area contributed by atoms with E-state index in [1.165, 1.54) is 17.8 Å². The van der Waals surface area contributed by atoms with Crippen LogP contribution in [-0.4, -0.2) is 22.4 Å². The van der Waals surface area contributed by atoms with Crippen LogP contribution >= 0.6 is 11.5 Å². The van der Waals surface area contributed by atoms with Gasteiger partial charge in [0.25, 0.3) is 0 Å². The molecule has 4 heteroatoms. The first-order valence-electron chi connectivity index (χ1n) is 5.70. The van der Waals surface area contributed by atoms with E-state index in [2.05, 4.69) is 28.5 Å². The lowest BCUT2D eigenvalue weighted by Gasteiger charge is -2.18. The second-order valence-electron chi connectivity index (χ2n) is 4.66. The molecule has 0 bridgehead atoms. The van der Waals surface area contributed by atoms with E-state index in [0.717, 1.165) is 12.2 Å². The topological polar surface area (TPSA) is 37.8 Å². The van der Waals surface area contributed by atoms with E-state index in [1.54, 1.807) is 11.5 Å². The maximum atomic E-state index is 4.61. The van der Waals surface area contributed by atoms with Gasteiger partial charge in [0.05, 0.1) is 0 Å². The van der Waals surface area contributed by atoms with Crippen molar-refractivity contribution in [1.82, 2.24) is 14.7 Å².